The van der Waals surface area contributed by atoms with Gasteiger partial charge in [-0.2, -0.15) is 0 Å². The summed E-state index contributed by atoms with van der Waals surface area (Å²) >= 11 is 0. The van der Waals surface area contributed by atoms with Crippen molar-refractivity contribution in [3.8, 4) is 0 Å². The second kappa shape index (κ2) is 10.3. The van der Waals surface area contributed by atoms with Gasteiger partial charge in [0.2, 0.25) is 5.91 Å². The number of benzene rings is 2. The minimum atomic E-state index is -0.252. The molecule has 3 heterocycles. The predicted molar refractivity (Wildman–Crippen MR) is 139 cm³/mol. The van der Waals surface area contributed by atoms with E-state index in [9.17, 15) is 9.59 Å². The van der Waals surface area contributed by atoms with Gasteiger partial charge in [-0.3, -0.25) is 20.0 Å². The van der Waals surface area contributed by atoms with Gasteiger partial charge in [0.25, 0.3) is 5.91 Å². The average molecular weight is 484 g/mol. The Morgan fingerprint density at radius 2 is 1.97 bits per heavy atom. The molecule has 2 aliphatic rings. The molecule has 0 aliphatic carbocycles. The maximum Gasteiger partial charge on any atom is 0.255 e. The standard InChI is InChI=1S/C28H29N5O3/c1-18(34)33-12-9-26(31-23-10-13-36-17-23)24(16-33)27(29)20-4-2-5-21(14-20)28(35)32-22-7-8-25-19(15-22)6-3-11-30-25/h2-8,11,14-15,23,29,31H,9-10,12-13,16-17H2,1H3,(H,32,35). The third-order valence-electron chi connectivity index (χ3n) is 6.67. The van der Waals surface area contributed by atoms with Crippen LogP contribution in [0, 0.1) is 5.41 Å². The van der Waals surface area contributed by atoms with Gasteiger partial charge >= 0.3 is 0 Å². The highest BCUT2D eigenvalue weighted by molar-refractivity contribution is 6.13. The zero-order valence-electron chi connectivity index (χ0n) is 20.2. The van der Waals surface area contributed by atoms with Crippen LogP contribution in [0.5, 0.6) is 0 Å². The molecule has 0 spiro atoms. The van der Waals surface area contributed by atoms with Crippen LogP contribution in [0.4, 0.5) is 5.69 Å². The molecule has 2 aromatic carbocycles. The number of fused-ring (bicyclic) bond motifs is 1. The van der Waals surface area contributed by atoms with Crippen LogP contribution >= 0.6 is 0 Å². The van der Waals surface area contributed by atoms with E-state index in [1.165, 1.54) is 0 Å². The second-order valence-corrected chi connectivity index (χ2v) is 9.17. The number of anilines is 1. The van der Waals surface area contributed by atoms with Crippen molar-refractivity contribution in [3.63, 3.8) is 0 Å². The van der Waals surface area contributed by atoms with E-state index in [1.807, 2.05) is 36.4 Å². The Morgan fingerprint density at radius 3 is 2.78 bits per heavy atom. The maximum atomic E-state index is 13.0. The predicted octanol–water partition coefficient (Wildman–Crippen LogP) is 3.74. The highest BCUT2D eigenvalue weighted by Gasteiger charge is 2.27. The fourth-order valence-electron chi connectivity index (χ4n) is 4.66. The van der Waals surface area contributed by atoms with Gasteiger partial charge in [-0.1, -0.05) is 18.2 Å². The lowest BCUT2D eigenvalue weighted by molar-refractivity contribution is -0.128. The number of amides is 2. The Kier molecular flexibility index (Phi) is 6.77. The number of aromatic nitrogens is 1. The summed E-state index contributed by atoms with van der Waals surface area (Å²) in [7, 11) is 0. The number of ether oxygens (including phenoxy) is 1. The van der Waals surface area contributed by atoms with Crippen molar-refractivity contribution in [2.45, 2.75) is 25.8 Å². The van der Waals surface area contributed by atoms with Crippen molar-refractivity contribution in [2.24, 2.45) is 0 Å². The molecule has 0 saturated carbocycles. The van der Waals surface area contributed by atoms with Crippen LogP contribution in [0.1, 0.15) is 35.7 Å². The first-order valence-electron chi connectivity index (χ1n) is 12.2. The first kappa shape index (κ1) is 23.7. The number of pyridine rings is 1. The third-order valence-corrected chi connectivity index (χ3v) is 6.67. The van der Waals surface area contributed by atoms with Gasteiger partial charge in [0.1, 0.15) is 0 Å². The molecule has 3 aromatic rings. The largest absolute Gasteiger partial charge is 0.383 e. The molecular formula is C28H29N5O3. The SMILES string of the molecule is CC(=O)N1CCC(NC2CCOC2)=C(C(=N)c2cccc(C(=O)Nc3ccc4ncccc4c3)c2)C1. The van der Waals surface area contributed by atoms with Gasteiger partial charge < -0.3 is 20.3 Å². The monoisotopic (exact) mass is 483 g/mol. The molecule has 1 atom stereocenters. The fraction of sp³-hybridized carbons (Fsp3) is 0.286. The Morgan fingerprint density at radius 1 is 1.11 bits per heavy atom. The number of hydrogen-bond donors (Lipinski definition) is 3. The van der Waals surface area contributed by atoms with Gasteiger partial charge in [0.05, 0.1) is 23.9 Å². The Bertz CT molecular complexity index is 1360. The number of carbonyl (C=O) groups is 2. The van der Waals surface area contributed by atoms with Crippen LogP contribution in [-0.4, -0.2) is 59.8 Å². The molecule has 0 radical (unpaired) electrons. The Hall–Kier alpha value is -4.04. The molecule has 1 unspecified atom stereocenters. The third kappa shape index (κ3) is 5.13. The van der Waals surface area contributed by atoms with Crippen molar-refractivity contribution in [2.75, 3.05) is 31.6 Å². The number of carbonyl (C=O) groups excluding carboxylic acids is 2. The lowest BCUT2D eigenvalue weighted by Crippen LogP contribution is -2.42. The Labute approximate surface area is 209 Å². The molecule has 1 fully saturated rings. The normalized spacial score (nSPS) is 17.8. The van der Waals surface area contributed by atoms with Gasteiger partial charge in [-0.25, -0.2) is 0 Å². The van der Waals surface area contributed by atoms with Crippen LogP contribution in [0.25, 0.3) is 10.9 Å². The van der Waals surface area contributed by atoms with E-state index in [2.05, 4.69) is 15.6 Å². The molecule has 8 nitrogen and oxygen atoms in total. The van der Waals surface area contributed by atoms with Crippen LogP contribution in [0.2, 0.25) is 0 Å². The van der Waals surface area contributed by atoms with E-state index in [-0.39, 0.29) is 17.9 Å². The molecule has 184 valence electrons. The fourth-order valence-corrected chi connectivity index (χ4v) is 4.66. The first-order valence-corrected chi connectivity index (χ1v) is 12.2. The first-order chi connectivity index (χ1) is 17.5. The van der Waals surface area contributed by atoms with Gasteiger partial charge in [-0.15, -0.1) is 0 Å². The van der Waals surface area contributed by atoms with Crippen molar-refractivity contribution in [1.82, 2.24) is 15.2 Å². The minimum absolute atomic E-state index is 0.0118. The highest BCUT2D eigenvalue weighted by atomic mass is 16.5. The summed E-state index contributed by atoms with van der Waals surface area (Å²) in [4.78, 5) is 31.2. The summed E-state index contributed by atoms with van der Waals surface area (Å²) in [5.74, 6) is -0.264. The highest BCUT2D eigenvalue weighted by Crippen LogP contribution is 2.23. The maximum absolute atomic E-state index is 13.0. The van der Waals surface area contributed by atoms with E-state index in [4.69, 9.17) is 10.1 Å². The van der Waals surface area contributed by atoms with Crippen LogP contribution in [0.15, 0.2) is 72.1 Å². The van der Waals surface area contributed by atoms with Crippen molar-refractivity contribution in [3.05, 3.63) is 83.2 Å². The van der Waals surface area contributed by atoms with Crippen LogP contribution < -0.4 is 10.6 Å². The quantitative estimate of drug-likeness (QED) is 0.463. The number of nitrogens with zero attached hydrogens (tertiary/aromatic N) is 2. The summed E-state index contributed by atoms with van der Waals surface area (Å²) in [5, 5.41) is 16.4. The van der Waals surface area contributed by atoms with Crippen molar-refractivity contribution >= 4 is 34.1 Å². The van der Waals surface area contributed by atoms with E-state index in [1.54, 1.807) is 36.2 Å². The number of rotatable bonds is 6. The van der Waals surface area contributed by atoms with Gasteiger partial charge in [0.15, 0.2) is 0 Å². The van der Waals surface area contributed by atoms with Gasteiger partial charge in [0, 0.05) is 72.7 Å². The number of hydrogen-bond acceptors (Lipinski definition) is 6. The van der Waals surface area contributed by atoms with Gasteiger partial charge in [-0.05, 0) is 42.8 Å². The zero-order valence-corrected chi connectivity index (χ0v) is 20.2. The summed E-state index contributed by atoms with van der Waals surface area (Å²) in [6, 6.07) is 16.7. The lowest BCUT2D eigenvalue weighted by atomic mass is 9.94. The van der Waals surface area contributed by atoms with E-state index in [0.717, 1.165) is 35.2 Å². The molecular weight excluding hydrogens is 454 g/mol. The van der Waals surface area contributed by atoms with E-state index >= 15 is 0 Å². The van der Waals surface area contributed by atoms with Crippen LogP contribution in [-0.2, 0) is 9.53 Å². The number of nitrogens with one attached hydrogen (secondary N) is 3. The molecule has 5 rings (SSSR count). The van der Waals surface area contributed by atoms with Crippen molar-refractivity contribution in [1.29, 1.82) is 5.41 Å². The van der Waals surface area contributed by atoms with E-state index in [0.29, 0.717) is 48.6 Å². The molecule has 1 aromatic heterocycles. The Balaban J connectivity index is 1.38. The molecule has 3 N–H and O–H groups in total. The zero-order chi connectivity index (χ0) is 25.1. The molecule has 2 amide bonds. The smallest absolute Gasteiger partial charge is 0.255 e. The molecule has 36 heavy (non-hydrogen) atoms. The van der Waals surface area contributed by atoms with E-state index < -0.39 is 0 Å². The lowest BCUT2D eigenvalue weighted by Gasteiger charge is -2.32. The molecule has 8 heteroatoms. The minimum Gasteiger partial charge on any atom is -0.383 e. The van der Waals surface area contributed by atoms with Crippen LogP contribution in [0.3, 0.4) is 0 Å². The summed E-state index contributed by atoms with van der Waals surface area (Å²) in [6.45, 7) is 3.90. The average Bonchev–Trinajstić information content (AvgIpc) is 3.41. The second-order valence-electron chi connectivity index (χ2n) is 9.17. The molecule has 0 bridgehead atoms. The summed E-state index contributed by atoms with van der Waals surface area (Å²) < 4.78 is 5.50. The molecule has 2 aliphatic heterocycles. The molecule has 1 saturated heterocycles. The van der Waals surface area contributed by atoms with Crippen molar-refractivity contribution < 1.29 is 14.3 Å². The topological polar surface area (TPSA) is 107 Å². The summed E-state index contributed by atoms with van der Waals surface area (Å²) in [5.41, 5.74) is 4.71. The summed E-state index contributed by atoms with van der Waals surface area (Å²) in [6.07, 6.45) is 3.31.